The summed E-state index contributed by atoms with van der Waals surface area (Å²) in [5.74, 6) is 1.74. The first kappa shape index (κ1) is 16.7. The number of carbonyl (C=O) groups is 1. The van der Waals surface area contributed by atoms with E-state index in [0.29, 0.717) is 6.42 Å². The van der Waals surface area contributed by atoms with Crippen LogP contribution in [0.3, 0.4) is 0 Å². The lowest BCUT2D eigenvalue weighted by Gasteiger charge is -2.32. The Hall–Kier alpha value is -2.17. The highest BCUT2D eigenvalue weighted by atomic mass is 16.5. The number of rotatable bonds is 6. The van der Waals surface area contributed by atoms with Gasteiger partial charge in [-0.05, 0) is 43.4 Å². The smallest absolute Gasteiger partial charge is 0.164 e. The number of hydrogen-bond acceptors (Lipinski definition) is 4. The average molecular weight is 324 g/mol. The molecule has 1 aliphatic rings. The minimum atomic E-state index is 0.195. The summed E-state index contributed by atoms with van der Waals surface area (Å²) in [5, 5.41) is 0. The Morgan fingerprint density at radius 1 is 0.917 bits per heavy atom. The standard InChI is InChI=1S/C20H24N2O2/c1-21-13-15-22(16-14-21)12-11-20(23)17-7-9-19(10-8-17)24-18-5-3-2-4-6-18/h2-10H,11-16H2,1H3. The van der Waals surface area contributed by atoms with Gasteiger partial charge in [-0.3, -0.25) is 4.79 Å². The molecule has 0 aromatic heterocycles. The zero-order chi connectivity index (χ0) is 16.8. The van der Waals surface area contributed by atoms with E-state index < -0.39 is 0 Å². The number of ketones is 1. The summed E-state index contributed by atoms with van der Waals surface area (Å²) in [7, 11) is 2.14. The second kappa shape index (κ2) is 8.08. The maximum absolute atomic E-state index is 12.3. The van der Waals surface area contributed by atoms with Crippen molar-refractivity contribution in [1.29, 1.82) is 0 Å². The summed E-state index contributed by atoms with van der Waals surface area (Å²) in [4.78, 5) is 17.0. The van der Waals surface area contributed by atoms with Crippen molar-refractivity contribution in [3.05, 3.63) is 60.2 Å². The molecule has 0 amide bonds. The zero-order valence-electron chi connectivity index (χ0n) is 14.1. The van der Waals surface area contributed by atoms with Crippen LogP contribution in [-0.4, -0.2) is 55.4 Å². The third-order valence-electron chi connectivity index (χ3n) is 4.41. The zero-order valence-corrected chi connectivity index (χ0v) is 14.1. The van der Waals surface area contributed by atoms with Gasteiger partial charge in [0.2, 0.25) is 0 Å². The summed E-state index contributed by atoms with van der Waals surface area (Å²) < 4.78 is 5.75. The second-order valence-electron chi connectivity index (χ2n) is 6.26. The highest BCUT2D eigenvalue weighted by Gasteiger charge is 2.15. The Morgan fingerprint density at radius 3 is 2.21 bits per heavy atom. The van der Waals surface area contributed by atoms with Crippen LogP contribution < -0.4 is 4.74 Å². The normalized spacial score (nSPS) is 16.0. The number of para-hydroxylation sites is 1. The highest BCUT2D eigenvalue weighted by molar-refractivity contribution is 5.96. The fourth-order valence-corrected chi connectivity index (χ4v) is 2.81. The molecule has 1 fully saturated rings. The fraction of sp³-hybridized carbons (Fsp3) is 0.350. The molecule has 0 N–H and O–H groups in total. The number of benzene rings is 2. The van der Waals surface area contributed by atoms with E-state index in [2.05, 4.69) is 16.8 Å². The Kier molecular flexibility index (Phi) is 5.62. The monoisotopic (exact) mass is 324 g/mol. The van der Waals surface area contributed by atoms with E-state index in [1.54, 1.807) is 0 Å². The van der Waals surface area contributed by atoms with Crippen molar-refractivity contribution in [2.75, 3.05) is 39.8 Å². The third kappa shape index (κ3) is 4.66. The maximum atomic E-state index is 12.3. The molecule has 0 bridgehead atoms. The van der Waals surface area contributed by atoms with Crippen molar-refractivity contribution >= 4 is 5.78 Å². The topological polar surface area (TPSA) is 32.8 Å². The van der Waals surface area contributed by atoms with Crippen LogP contribution in [0, 0.1) is 0 Å². The molecule has 1 saturated heterocycles. The van der Waals surface area contributed by atoms with Gasteiger partial charge >= 0.3 is 0 Å². The minimum Gasteiger partial charge on any atom is -0.457 e. The average Bonchev–Trinajstić information content (AvgIpc) is 2.62. The Balaban J connectivity index is 1.50. The Labute approximate surface area is 143 Å². The molecule has 0 spiro atoms. The molecule has 2 aromatic rings. The van der Waals surface area contributed by atoms with Crippen LogP contribution in [0.15, 0.2) is 54.6 Å². The Bertz CT molecular complexity index is 647. The van der Waals surface area contributed by atoms with E-state index in [0.717, 1.165) is 49.8 Å². The van der Waals surface area contributed by atoms with E-state index in [1.165, 1.54) is 0 Å². The number of likely N-dealkylation sites (N-methyl/N-ethyl adjacent to an activating group) is 1. The van der Waals surface area contributed by atoms with Gasteiger partial charge in [-0.25, -0.2) is 0 Å². The quantitative estimate of drug-likeness (QED) is 0.763. The van der Waals surface area contributed by atoms with E-state index in [1.807, 2.05) is 54.6 Å². The van der Waals surface area contributed by atoms with Crippen LogP contribution in [0.2, 0.25) is 0 Å². The largest absolute Gasteiger partial charge is 0.457 e. The van der Waals surface area contributed by atoms with Crippen LogP contribution >= 0.6 is 0 Å². The van der Waals surface area contributed by atoms with E-state index in [9.17, 15) is 4.79 Å². The van der Waals surface area contributed by atoms with Crippen molar-refractivity contribution in [3.63, 3.8) is 0 Å². The highest BCUT2D eigenvalue weighted by Crippen LogP contribution is 2.21. The van der Waals surface area contributed by atoms with Crippen LogP contribution in [0.25, 0.3) is 0 Å². The summed E-state index contributed by atoms with van der Waals surface area (Å²) >= 11 is 0. The van der Waals surface area contributed by atoms with Crippen molar-refractivity contribution < 1.29 is 9.53 Å². The predicted octanol–water partition coefficient (Wildman–Crippen LogP) is 3.30. The van der Waals surface area contributed by atoms with Gasteiger partial charge in [0.15, 0.2) is 5.78 Å². The maximum Gasteiger partial charge on any atom is 0.164 e. The Morgan fingerprint density at radius 2 is 1.54 bits per heavy atom. The molecule has 0 unspecified atom stereocenters. The predicted molar refractivity (Wildman–Crippen MR) is 95.8 cm³/mol. The lowest BCUT2D eigenvalue weighted by Crippen LogP contribution is -2.45. The number of ether oxygens (including phenoxy) is 1. The molecular weight excluding hydrogens is 300 g/mol. The second-order valence-corrected chi connectivity index (χ2v) is 6.26. The van der Waals surface area contributed by atoms with Crippen LogP contribution in [-0.2, 0) is 0 Å². The number of hydrogen-bond donors (Lipinski definition) is 0. The molecule has 4 nitrogen and oxygen atoms in total. The van der Waals surface area contributed by atoms with Gasteiger partial charge in [0.05, 0.1) is 0 Å². The number of carbonyl (C=O) groups excluding carboxylic acids is 1. The van der Waals surface area contributed by atoms with E-state index >= 15 is 0 Å². The number of Topliss-reactive ketones (excluding diaryl/α,β-unsaturated/α-hetero) is 1. The molecule has 0 radical (unpaired) electrons. The molecule has 3 rings (SSSR count). The molecule has 126 valence electrons. The van der Waals surface area contributed by atoms with Crippen molar-refractivity contribution in [2.24, 2.45) is 0 Å². The first-order chi connectivity index (χ1) is 11.7. The summed E-state index contributed by atoms with van der Waals surface area (Å²) in [6, 6.07) is 17.1. The lowest BCUT2D eigenvalue weighted by atomic mass is 10.1. The van der Waals surface area contributed by atoms with E-state index in [-0.39, 0.29) is 5.78 Å². The van der Waals surface area contributed by atoms with Gasteiger partial charge < -0.3 is 14.5 Å². The molecule has 1 aliphatic heterocycles. The van der Waals surface area contributed by atoms with Gasteiger partial charge in [-0.15, -0.1) is 0 Å². The van der Waals surface area contributed by atoms with Gasteiger partial charge in [0, 0.05) is 44.7 Å². The van der Waals surface area contributed by atoms with Crippen LogP contribution in [0.1, 0.15) is 16.8 Å². The van der Waals surface area contributed by atoms with Crippen molar-refractivity contribution in [1.82, 2.24) is 9.80 Å². The third-order valence-corrected chi connectivity index (χ3v) is 4.41. The first-order valence-corrected chi connectivity index (χ1v) is 8.48. The van der Waals surface area contributed by atoms with Gasteiger partial charge in [0.25, 0.3) is 0 Å². The minimum absolute atomic E-state index is 0.195. The molecule has 24 heavy (non-hydrogen) atoms. The first-order valence-electron chi connectivity index (χ1n) is 8.48. The molecular formula is C20H24N2O2. The molecule has 4 heteroatoms. The molecule has 0 saturated carbocycles. The fourth-order valence-electron chi connectivity index (χ4n) is 2.81. The summed E-state index contributed by atoms with van der Waals surface area (Å²) in [6.07, 6.45) is 0.572. The van der Waals surface area contributed by atoms with Gasteiger partial charge in [-0.2, -0.15) is 0 Å². The van der Waals surface area contributed by atoms with Gasteiger partial charge in [-0.1, -0.05) is 18.2 Å². The number of nitrogens with zero attached hydrogens (tertiary/aromatic N) is 2. The molecule has 0 atom stereocenters. The molecule has 1 heterocycles. The molecule has 0 aliphatic carbocycles. The SMILES string of the molecule is CN1CCN(CCC(=O)c2ccc(Oc3ccccc3)cc2)CC1. The summed E-state index contributed by atoms with van der Waals surface area (Å²) in [5.41, 5.74) is 0.754. The van der Waals surface area contributed by atoms with Crippen molar-refractivity contribution in [3.8, 4) is 11.5 Å². The van der Waals surface area contributed by atoms with E-state index in [4.69, 9.17) is 4.74 Å². The lowest BCUT2D eigenvalue weighted by molar-refractivity contribution is 0.0942. The van der Waals surface area contributed by atoms with Crippen LogP contribution in [0.5, 0.6) is 11.5 Å². The van der Waals surface area contributed by atoms with Crippen molar-refractivity contribution in [2.45, 2.75) is 6.42 Å². The molecule has 2 aromatic carbocycles. The van der Waals surface area contributed by atoms with Gasteiger partial charge in [0.1, 0.15) is 11.5 Å². The number of piperazine rings is 1. The van der Waals surface area contributed by atoms with Crippen LogP contribution in [0.4, 0.5) is 0 Å². The summed E-state index contributed by atoms with van der Waals surface area (Å²) in [6.45, 7) is 5.11.